The van der Waals surface area contributed by atoms with Crippen molar-refractivity contribution in [2.24, 2.45) is 0 Å². The molecule has 4 nitrogen and oxygen atoms in total. The molecule has 150 valence electrons. The molecular formula is C24H26ClN3O. The highest BCUT2D eigenvalue weighted by molar-refractivity contribution is 6.30. The highest BCUT2D eigenvalue weighted by Crippen LogP contribution is 2.45. The molecule has 0 N–H and O–H groups in total. The quantitative estimate of drug-likeness (QED) is 0.484. The van der Waals surface area contributed by atoms with Gasteiger partial charge < -0.3 is 9.64 Å². The Labute approximate surface area is 177 Å². The Morgan fingerprint density at radius 3 is 2.62 bits per heavy atom. The predicted molar refractivity (Wildman–Crippen MR) is 118 cm³/mol. The normalized spacial score (nSPS) is 18.6. The second-order valence-electron chi connectivity index (χ2n) is 8.11. The zero-order valence-corrected chi connectivity index (χ0v) is 17.7. The SMILES string of the molecule is CCN1c2ccc(-c3cnn(C4CC4)c3)c(Oc3ccc(Cl)cc3)c2CC[C@@H]1C. The molecule has 0 unspecified atom stereocenters. The summed E-state index contributed by atoms with van der Waals surface area (Å²) in [5.41, 5.74) is 4.80. The summed E-state index contributed by atoms with van der Waals surface area (Å²) in [4.78, 5) is 2.48. The number of hydrogen-bond acceptors (Lipinski definition) is 3. The Morgan fingerprint density at radius 2 is 1.90 bits per heavy atom. The molecule has 3 aromatic rings. The van der Waals surface area contributed by atoms with Gasteiger partial charge in [0.2, 0.25) is 0 Å². The highest BCUT2D eigenvalue weighted by Gasteiger charge is 2.28. The predicted octanol–water partition coefficient (Wildman–Crippen LogP) is 6.49. The van der Waals surface area contributed by atoms with Crippen LogP contribution < -0.4 is 9.64 Å². The second-order valence-corrected chi connectivity index (χ2v) is 8.55. The molecule has 2 heterocycles. The van der Waals surface area contributed by atoms with Crippen molar-refractivity contribution < 1.29 is 4.74 Å². The molecule has 1 aliphatic carbocycles. The van der Waals surface area contributed by atoms with Crippen LogP contribution in [0.1, 0.15) is 44.7 Å². The smallest absolute Gasteiger partial charge is 0.140 e. The molecule has 0 saturated heterocycles. The minimum absolute atomic E-state index is 0.541. The fourth-order valence-electron chi connectivity index (χ4n) is 4.34. The fraction of sp³-hybridized carbons (Fsp3) is 0.375. The average Bonchev–Trinajstić information content (AvgIpc) is 3.47. The van der Waals surface area contributed by atoms with Crippen molar-refractivity contribution in [3.8, 4) is 22.6 Å². The fourth-order valence-corrected chi connectivity index (χ4v) is 4.46. The number of anilines is 1. The first-order valence-electron chi connectivity index (χ1n) is 10.5. The lowest BCUT2D eigenvalue weighted by Crippen LogP contribution is -2.37. The first-order valence-corrected chi connectivity index (χ1v) is 10.9. The molecule has 0 amide bonds. The van der Waals surface area contributed by atoms with E-state index in [1.54, 1.807) is 0 Å². The van der Waals surface area contributed by atoms with Gasteiger partial charge in [0.25, 0.3) is 0 Å². The van der Waals surface area contributed by atoms with Crippen molar-refractivity contribution in [1.29, 1.82) is 0 Å². The lowest BCUT2D eigenvalue weighted by Gasteiger charge is -2.37. The zero-order valence-electron chi connectivity index (χ0n) is 16.9. The third-order valence-electron chi connectivity index (χ3n) is 6.10. The van der Waals surface area contributed by atoms with Crippen LogP contribution in [-0.4, -0.2) is 22.4 Å². The number of rotatable bonds is 5. The van der Waals surface area contributed by atoms with Crippen molar-refractivity contribution in [3.63, 3.8) is 0 Å². The van der Waals surface area contributed by atoms with E-state index in [4.69, 9.17) is 16.3 Å². The largest absolute Gasteiger partial charge is 0.456 e. The van der Waals surface area contributed by atoms with Gasteiger partial charge in [-0.1, -0.05) is 11.6 Å². The van der Waals surface area contributed by atoms with Crippen molar-refractivity contribution in [2.75, 3.05) is 11.4 Å². The van der Waals surface area contributed by atoms with E-state index in [1.165, 1.54) is 24.1 Å². The van der Waals surface area contributed by atoms with Crippen LogP contribution in [0.3, 0.4) is 0 Å². The van der Waals surface area contributed by atoms with Crippen LogP contribution >= 0.6 is 11.6 Å². The standard InChI is InChI=1S/C24H26ClN3O/c1-3-27-16(2)4-11-22-23(27)13-12-21(17-14-26-28(15-17)19-7-8-19)24(22)29-20-9-5-18(25)6-10-20/h5-6,9-10,12-16,19H,3-4,7-8,11H2,1-2H3/t16-/m0/s1. The number of hydrogen-bond donors (Lipinski definition) is 0. The number of benzene rings is 2. The van der Waals surface area contributed by atoms with Crippen molar-refractivity contribution >= 4 is 17.3 Å². The van der Waals surface area contributed by atoms with Crippen LogP contribution in [0.5, 0.6) is 11.5 Å². The number of aromatic nitrogens is 2. The maximum Gasteiger partial charge on any atom is 0.140 e. The minimum Gasteiger partial charge on any atom is -0.456 e. The molecule has 1 aromatic heterocycles. The van der Waals surface area contributed by atoms with Crippen LogP contribution in [0.15, 0.2) is 48.8 Å². The summed E-state index contributed by atoms with van der Waals surface area (Å²) in [6, 6.07) is 13.2. The molecule has 5 heteroatoms. The first-order chi connectivity index (χ1) is 14.1. The third kappa shape index (κ3) is 3.51. The van der Waals surface area contributed by atoms with E-state index >= 15 is 0 Å². The summed E-state index contributed by atoms with van der Waals surface area (Å²) in [6.07, 6.45) is 8.73. The number of nitrogens with zero attached hydrogens (tertiary/aromatic N) is 3. The molecule has 0 spiro atoms. The number of fused-ring (bicyclic) bond motifs is 1. The molecule has 1 fully saturated rings. The van der Waals surface area contributed by atoms with Gasteiger partial charge in [0.05, 0.1) is 12.2 Å². The molecule has 1 aliphatic heterocycles. The summed E-state index contributed by atoms with van der Waals surface area (Å²) in [6.45, 7) is 5.52. The van der Waals surface area contributed by atoms with Gasteiger partial charge in [0.1, 0.15) is 11.5 Å². The summed E-state index contributed by atoms with van der Waals surface area (Å²) < 4.78 is 8.61. The van der Waals surface area contributed by atoms with E-state index in [1.807, 2.05) is 30.5 Å². The van der Waals surface area contributed by atoms with Crippen LogP contribution in [0.4, 0.5) is 5.69 Å². The summed E-state index contributed by atoms with van der Waals surface area (Å²) >= 11 is 6.08. The van der Waals surface area contributed by atoms with Crippen LogP contribution in [0.2, 0.25) is 5.02 Å². The van der Waals surface area contributed by atoms with Crippen LogP contribution in [-0.2, 0) is 6.42 Å². The Hall–Kier alpha value is -2.46. The Balaban J connectivity index is 1.62. The van der Waals surface area contributed by atoms with Gasteiger partial charge in [-0.15, -0.1) is 0 Å². The zero-order chi connectivity index (χ0) is 20.0. The number of halogens is 1. The van der Waals surface area contributed by atoms with Gasteiger partial charge in [-0.3, -0.25) is 4.68 Å². The van der Waals surface area contributed by atoms with Crippen LogP contribution in [0.25, 0.3) is 11.1 Å². The van der Waals surface area contributed by atoms with Crippen molar-refractivity contribution in [3.05, 3.63) is 59.4 Å². The van der Waals surface area contributed by atoms with E-state index in [0.717, 1.165) is 42.0 Å². The van der Waals surface area contributed by atoms with Gasteiger partial charge in [0.15, 0.2) is 0 Å². The summed E-state index contributed by atoms with van der Waals surface area (Å²) in [7, 11) is 0. The van der Waals surface area contributed by atoms with E-state index in [2.05, 4.69) is 46.9 Å². The van der Waals surface area contributed by atoms with Gasteiger partial charge in [0, 0.05) is 46.2 Å². The minimum atomic E-state index is 0.541. The summed E-state index contributed by atoms with van der Waals surface area (Å²) in [5, 5.41) is 5.32. The maximum absolute atomic E-state index is 6.51. The van der Waals surface area contributed by atoms with Crippen molar-refractivity contribution in [1.82, 2.24) is 9.78 Å². The Morgan fingerprint density at radius 1 is 1.10 bits per heavy atom. The molecule has 29 heavy (non-hydrogen) atoms. The van der Waals surface area contributed by atoms with E-state index in [-0.39, 0.29) is 0 Å². The molecule has 2 aromatic carbocycles. The first kappa shape index (κ1) is 18.6. The molecule has 1 saturated carbocycles. The molecule has 0 radical (unpaired) electrons. The summed E-state index contributed by atoms with van der Waals surface area (Å²) in [5.74, 6) is 1.76. The van der Waals surface area contributed by atoms with E-state index in [0.29, 0.717) is 17.1 Å². The Bertz CT molecular complexity index is 1020. The van der Waals surface area contributed by atoms with Crippen molar-refractivity contribution in [2.45, 2.75) is 51.6 Å². The molecular weight excluding hydrogens is 382 g/mol. The monoisotopic (exact) mass is 407 g/mol. The topological polar surface area (TPSA) is 30.3 Å². The van der Waals surface area contributed by atoms with Gasteiger partial charge in [-0.05, 0) is 75.9 Å². The van der Waals surface area contributed by atoms with Gasteiger partial charge in [-0.25, -0.2) is 0 Å². The van der Waals surface area contributed by atoms with Crippen LogP contribution in [0, 0.1) is 0 Å². The second kappa shape index (κ2) is 7.42. The average molecular weight is 408 g/mol. The van der Waals surface area contributed by atoms with Gasteiger partial charge in [-0.2, -0.15) is 5.10 Å². The highest BCUT2D eigenvalue weighted by atomic mass is 35.5. The van der Waals surface area contributed by atoms with Gasteiger partial charge >= 0.3 is 0 Å². The molecule has 0 bridgehead atoms. The molecule has 2 aliphatic rings. The third-order valence-corrected chi connectivity index (χ3v) is 6.35. The maximum atomic E-state index is 6.51. The van der Waals surface area contributed by atoms with E-state index in [9.17, 15) is 0 Å². The lowest BCUT2D eigenvalue weighted by atomic mass is 9.92. The van der Waals surface area contributed by atoms with E-state index < -0.39 is 0 Å². The molecule has 1 atom stereocenters. The lowest BCUT2D eigenvalue weighted by molar-refractivity contribution is 0.469. The molecule has 5 rings (SSSR count). The number of ether oxygens (including phenoxy) is 1. The Kier molecular flexibility index (Phi) is 4.75.